The van der Waals surface area contributed by atoms with E-state index in [1.54, 1.807) is 0 Å². The van der Waals surface area contributed by atoms with Gasteiger partial charge in [-0.15, -0.1) is 0 Å². The van der Waals surface area contributed by atoms with Crippen LogP contribution in [0.4, 0.5) is 0 Å². The normalized spacial score (nSPS) is 17.7. The summed E-state index contributed by atoms with van der Waals surface area (Å²) in [5, 5.41) is 0. The van der Waals surface area contributed by atoms with E-state index in [1.165, 1.54) is 0 Å². The van der Waals surface area contributed by atoms with Gasteiger partial charge in [0.2, 0.25) is 0 Å². The summed E-state index contributed by atoms with van der Waals surface area (Å²) < 4.78 is 0. The van der Waals surface area contributed by atoms with E-state index in [1.807, 2.05) is 0 Å². The van der Waals surface area contributed by atoms with Crippen molar-refractivity contribution in [1.29, 1.82) is 0 Å². The topological polar surface area (TPSA) is 0 Å². The largest absolute Gasteiger partial charge is 0.0852 e. The lowest BCUT2D eigenvalue weighted by Gasteiger charge is -2.13. The van der Waals surface area contributed by atoms with E-state index in [0.717, 1.165) is 11.8 Å². The average molecular weight is 168 g/mol. The minimum Gasteiger partial charge on any atom is -0.0852 e. The quantitative estimate of drug-likeness (QED) is 0.554. The van der Waals surface area contributed by atoms with Crippen LogP contribution >= 0.6 is 0 Å². The minimum atomic E-state index is 0.714. The van der Waals surface area contributed by atoms with Gasteiger partial charge < -0.3 is 0 Å². The second-order valence-electron chi connectivity index (χ2n) is 4.59. The van der Waals surface area contributed by atoms with Crippen LogP contribution in [0, 0.1) is 23.7 Å². The average Bonchev–Trinajstić information content (AvgIpc) is 1.98. The fourth-order valence-electron chi connectivity index (χ4n) is 0.795. The molecule has 0 heteroatoms. The molecule has 0 nitrogen and oxygen atoms in total. The Labute approximate surface area is 78.1 Å². The Bertz CT molecular complexity index is 115. The van der Waals surface area contributed by atoms with Crippen molar-refractivity contribution in [1.82, 2.24) is 0 Å². The summed E-state index contributed by atoms with van der Waals surface area (Å²) in [4.78, 5) is 0. The highest BCUT2D eigenvalue weighted by molar-refractivity contribution is 4.91. The fourth-order valence-corrected chi connectivity index (χ4v) is 0.795. The third-order valence-electron chi connectivity index (χ3n) is 2.82. The molecule has 12 heavy (non-hydrogen) atoms. The molecule has 0 bridgehead atoms. The zero-order valence-electron chi connectivity index (χ0n) is 9.46. The molecular weight excluding hydrogens is 144 g/mol. The molecule has 0 aromatic heterocycles. The molecule has 0 spiro atoms. The molecule has 0 aliphatic carbocycles. The molecule has 2 atom stereocenters. The molecule has 0 radical (unpaired) electrons. The fraction of sp³-hybridized carbons (Fsp3) is 0.833. The summed E-state index contributed by atoms with van der Waals surface area (Å²) in [7, 11) is 0. The van der Waals surface area contributed by atoms with Gasteiger partial charge >= 0.3 is 0 Å². The number of hydrogen-bond acceptors (Lipinski definition) is 0. The molecule has 72 valence electrons. The lowest BCUT2D eigenvalue weighted by molar-refractivity contribution is 0.478. The molecule has 0 aliphatic rings. The van der Waals surface area contributed by atoms with E-state index >= 15 is 0 Å². The monoisotopic (exact) mass is 168 g/mol. The van der Waals surface area contributed by atoms with Gasteiger partial charge in [-0.25, -0.2) is 0 Å². The molecule has 0 N–H and O–H groups in total. The van der Waals surface area contributed by atoms with Gasteiger partial charge in [-0.05, 0) is 23.7 Å². The van der Waals surface area contributed by atoms with Crippen molar-refractivity contribution in [2.45, 2.75) is 41.5 Å². The SMILES string of the molecule is CC(C)C(C)/C=C/[C@H](C)C(C)C. The van der Waals surface area contributed by atoms with Gasteiger partial charge in [0, 0.05) is 0 Å². The molecule has 0 fully saturated rings. The molecule has 0 saturated carbocycles. The van der Waals surface area contributed by atoms with E-state index in [0.29, 0.717) is 11.8 Å². The Balaban J connectivity index is 3.89. The molecule has 0 saturated heterocycles. The Morgan fingerprint density at radius 1 is 0.583 bits per heavy atom. The summed E-state index contributed by atoms with van der Waals surface area (Å²) in [6.07, 6.45) is 4.71. The van der Waals surface area contributed by atoms with Crippen molar-refractivity contribution < 1.29 is 0 Å². The van der Waals surface area contributed by atoms with Crippen LogP contribution in [0.2, 0.25) is 0 Å². The Kier molecular flexibility index (Phi) is 5.28. The standard InChI is InChI=1S/C12H24/c1-9(2)11(5)7-8-12(6)10(3)4/h7-12H,1-6H3/b8-7+/t11-,12?/m0/s1. The second-order valence-corrected chi connectivity index (χ2v) is 4.59. The van der Waals surface area contributed by atoms with E-state index in [9.17, 15) is 0 Å². The summed E-state index contributed by atoms with van der Waals surface area (Å²) in [5.41, 5.74) is 0. The molecule has 0 heterocycles. The van der Waals surface area contributed by atoms with Crippen LogP contribution in [0.5, 0.6) is 0 Å². The molecule has 0 rings (SSSR count). The van der Waals surface area contributed by atoms with Crippen LogP contribution in [0.1, 0.15) is 41.5 Å². The van der Waals surface area contributed by atoms with E-state index in [-0.39, 0.29) is 0 Å². The number of hydrogen-bond donors (Lipinski definition) is 0. The molecule has 0 aromatic rings. The van der Waals surface area contributed by atoms with Crippen molar-refractivity contribution in [3.63, 3.8) is 0 Å². The molecular formula is C12H24. The molecule has 0 aromatic carbocycles. The molecule has 1 unspecified atom stereocenters. The predicted molar refractivity (Wildman–Crippen MR) is 57.1 cm³/mol. The first kappa shape index (κ1) is 11.7. The maximum Gasteiger partial charge on any atom is -0.0239 e. The molecule has 0 aliphatic heterocycles. The van der Waals surface area contributed by atoms with Crippen LogP contribution in [0.15, 0.2) is 12.2 Å². The van der Waals surface area contributed by atoms with Gasteiger partial charge in [-0.1, -0.05) is 53.7 Å². The van der Waals surface area contributed by atoms with Gasteiger partial charge in [0.05, 0.1) is 0 Å². The Hall–Kier alpha value is -0.260. The lowest BCUT2D eigenvalue weighted by Crippen LogP contribution is -2.03. The Morgan fingerprint density at radius 3 is 1.00 bits per heavy atom. The van der Waals surface area contributed by atoms with Crippen molar-refractivity contribution in [3.8, 4) is 0 Å². The van der Waals surface area contributed by atoms with Crippen LogP contribution < -0.4 is 0 Å². The van der Waals surface area contributed by atoms with Crippen LogP contribution in [0.25, 0.3) is 0 Å². The van der Waals surface area contributed by atoms with Gasteiger partial charge in [-0.3, -0.25) is 0 Å². The highest BCUT2D eigenvalue weighted by Gasteiger charge is 2.05. The maximum absolute atomic E-state index is 2.36. The van der Waals surface area contributed by atoms with Gasteiger partial charge in [0.15, 0.2) is 0 Å². The first-order valence-electron chi connectivity index (χ1n) is 5.13. The highest BCUT2D eigenvalue weighted by atomic mass is 14.1. The minimum absolute atomic E-state index is 0.714. The smallest absolute Gasteiger partial charge is 0.0239 e. The summed E-state index contributed by atoms with van der Waals surface area (Å²) in [6.45, 7) is 13.7. The zero-order valence-corrected chi connectivity index (χ0v) is 9.46. The third-order valence-corrected chi connectivity index (χ3v) is 2.82. The van der Waals surface area contributed by atoms with Gasteiger partial charge in [0.1, 0.15) is 0 Å². The first-order chi connectivity index (χ1) is 5.45. The van der Waals surface area contributed by atoms with Crippen LogP contribution in [-0.2, 0) is 0 Å². The van der Waals surface area contributed by atoms with Crippen molar-refractivity contribution in [3.05, 3.63) is 12.2 Å². The zero-order chi connectivity index (χ0) is 9.72. The van der Waals surface area contributed by atoms with Gasteiger partial charge in [0.25, 0.3) is 0 Å². The van der Waals surface area contributed by atoms with E-state index < -0.39 is 0 Å². The van der Waals surface area contributed by atoms with Gasteiger partial charge in [-0.2, -0.15) is 0 Å². The third kappa shape index (κ3) is 4.58. The Morgan fingerprint density at radius 2 is 0.833 bits per heavy atom. The highest BCUT2D eigenvalue weighted by Crippen LogP contribution is 2.16. The van der Waals surface area contributed by atoms with E-state index in [4.69, 9.17) is 0 Å². The summed E-state index contributed by atoms with van der Waals surface area (Å²) in [5.74, 6) is 2.96. The molecule has 0 amide bonds. The first-order valence-corrected chi connectivity index (χ1v) is 5.13. The summed E-state index contributed by atoms with van der Waals surface area (Å²) >= 11 is 0. The van der Waals surface area contributed by atoms with Crippen LogP contribution in [-0.4, -0.2) is 0 Å². The maximum atomic E-state index is 2.36. The lowest BCUT2D eigenvalue weighted by atomic mass is 9.92. The predicted octanol–water partition coefficient (Wildman–Crippen LogP) is 4.13. The number of allylic oxidation sites excluding steroid dienone is 2. The van der Waals surface area contributed by atoms with Crippen LogP contribution in [0.3, 0.4) is 0 Å². The summed E-state index contributed by atoms with van der Waals surface area (Å²) in [6, 6.07) is 0. The van der Waals surface area contributed by atoms with E-state index in [2.05, 4.69) is 53.7 Å². The van der Waals surface area contributed by atoms with Crippen molar-refractivity contribution in [2.24, 2.45) is 23.7 Å². The second kappa shape index (κ2) is 5.40. The van der Waals surface area contributed by atoms with Crippen molar-refractivity contribution in [2.75, 3.05) is 0 Å². The number of rotatable bonds is 4. The van der Waals surface area contributed by atoms with Crippen molar-refractivity contribution >= 4 is 0 Å².